The van der Waals surface area contributed by atoms with E-state index < -0.39 is 12.0 Å². The minimum atomic E-state index is -0.665. The van der Waals surface area contributed by atoms with Gasteiger partial charge in [0.15, 0.2) is 0 Å². The molecular formula is C20H19N3O4S. The van der Waals surface area contributed by atoms with E-state index in [-0.39, 0.29) is 18.1 Å². The van der Waals surface area contributed by atoms with Crippen molar-refractivity contribution in [1.29, 1.82) is 0 Å². The van der Waals surface area contributed by atoms with Gasteiger partial charge in [-0.3, -0.25) is 14.2 Å². The second-order valence-corrected chi connectivity index (χ2v) is 7.61. The highest BCUT2D eigenvalue weighted by Crippen LogP contribution is 2.30. The van der Waals surface area contributed by atoms with Crippen LogP contribution in [-0.4, -0.2) is 28.0 Å². The molecule has 0 fully saturated rings. The summed E-state index contributed by atoms with van der Waals surface area (Å²) in [7, 11) is 0. The number of rotatable bonds is 3. The van der Waals surface area contributed by atoms with Crippen LogP contribution in [0.3, 0.4) is 0 Å². The summed E-state index contributed by atoms with van der Waals surface area (Å²) in [6.45, 7) is 3.70. The average molecular weight is 397 g/mol. The Labute approximate surface area is 165 Å². The van der Waals surface area contributed by atoms with E-state index >= 15 is 0 Å². The van der Waals surface area contributed by atoms with Crippen molar-refractivity contribution < 1.29 is 14.3 Å². The van der Waals surface area contributed by atoms with Gasteiger partial charge in [0.2, 0.25) is 5.91 Å². The molecule has 0 saturated heterocycles. The fourth-order valence-electron chi connectivity index (χ4n) is 3.52. The molecule has 2 aromatic heterocycles. The zero-order valence-corrected chi connectivity index (χ0v) is 16.3. The fraction of sp³-hybridized carbons (Fsp3) is 0.300. The Morgan fingerprint density at radius 2 is 2.14 bits per heavy atom. The normalized spacial score (nSPS) is 16.4. The van der Waals surface area contributed by atoms with Crippen LogP contribution >= 0.6 is 11.3 Å². The predicted molar refractivity (Wildman–Crippen MR) is 107 cm³/mol. The number of nitrogens with one attached hydrogen (secondary N) is 1. The fourth-order valence-corrected chi connectivity index (χ4v) is 4.55. The summed E-state index contributed by atoms with van der Waals surface area (Å²) in [5.74, 6) is -0.705. The molecule has 1 amide bonds. The van der Waals surface area contributed by atoms with Crippen LogP contribution in [0.15, 0.2) is 35.4 Å². The largest absolute Gasteiger partial charge is 0.462 e. The van der Waals surface area contributed by atoms with Crippen molar-refractivity contribution in [1.82, 2.24) is 9.55 Å². The van der Waals surface area contributed by atoms with Crippen molar-refractivity contribution in [3.63, 3.8) is 0 Å². The number of aryl methyl sites for hydroxylation is 2. The standard InChI is InChI=1S/C20H19N3O4S/c1-3-27-20(26)16-11(2)15-18(28-16)21-10-23(19(15)25)14-9-8-12-6-4-5-7-13(12)22-17(14)24/h4-7,10,14H,3,8-9H2,1-2H3,(H,22,24). The van der Waals surface area contributed by atoms with Gasteiger partial charge in [0.05, 0.1) is 18.3 Å². The number of esters is 1. The second-order valence-electron chi connectivity index (χ2n) is 6.61. The van der Waals surface area contributed by atoms with Gasteiger partial charge < -0.3 is 10.1 Å². The number of hydrogen-bond donors (Lipinski definition) is 1. The molecule has 4 rings (SSSR count). The first kappa shape index (κ1) is 18.4. The van der Waals surface area contributed by atoms with Crippen molar-refractivity contribution >= 4 is 39.1 Å². The van der Waals surface area contributed by atoms with Gasteiger partial charge in [-0.15, -0.1) is 11.3 Å². The number of hydrogen-bond acceptors (Lipinski definition) is 6. The molecule has 1 aromatic carbocycles. The van der Waals surface area contributed by atoms with Crippen molar-refractivity contribution in [2.45, 2.75) is 32.7 Å². The number of amides is 1. The lowest BCUT2D eigenvalue weighted by Gasteiger charge is -2.16. The molecule has 1 aliphatic heterocycles. The third-order valence-electron chi connectivity index (χ3n) is 4.94. The van der Waals surface area contributed by atoms with Gasteiger partial charge in [-0.2, -0.15) is 0 Å². The number of carbonyl (C=O) groups excluding carboxylic acids is 2. The predicted octanol–water partition coefficient (Wildman–Crippen LogP) is 3.07. The number of thiophene rings is 1. The molecule has 28 heavy (non-hydrogen) atoms. The quantitative estimate of drug-likeness (QED) is 0.686. The second kappa shape index (κ2) is 7.20. The zero-order valence-electron chi connectivity index (χ0n) is 15.5. The molecule has 0 radical (unpaired) electrons. The van der Waals surface area contributed by atoms with Crippen LogP contribution < -0.4 is 10.9 Å². The summed E-state index contributed by atoms with van der Waals surface area (Å²) in [5, 5.41) is 3.27. The van der Waals surface area contributed by atoms with Crippen LogP contribution in [0, 0.1) is 6.92 Å². The van der Waals surface area contributed by atoms with Crippen LogP contribution in [-0.2, 0) is 16.0 Å². The summed E-state index contributed by atoms with van der Waals surface area (Å²) < 4.78 is 6.44. The molecule has 0 spiro atoms. The number of nitrogens with zero attached hydrogens (tertiary/aromatic N) is 2. The maximum Gasteiger partial charge on any atom is 0.348 e. The van der Waals surface area contributed by atoms with E-state index in [0.717, 1.165) is 22.6 Å². The Morgan fingerprint density at radius 1 is 1.36 bits per heavy atom. The smallest absolute Gasteiger partial charge is 0.348 e. The molecule has 1 atom stereocenters. The summed E-state index contributed by atoms with van der Waals surface area (Å²) in [4.78, 5) is 43.3. The lowest BCUT2D eigenvalue weighted by Crippen LogP contribution is -2.32. The summed E-state index contributed by atoms with van der Waals surface area (Å²) in [5.41, 5.74) is 2.04. The van der Waals surface area contributed by atoms with Crippen LogP contribution in [0.4, 0.5) is 5.69 Å². The molecule has 8 heteroatoms. The first-order valence-electron chi connectivity index (χ1n) is 9.07. The van der Waals surface area contributed by atoms with Crippen molar-refractivity contribution in [3.05, 3.63) is 57.0 Å². The minimum Gasteiger partial charge on any atom is -0.462 e. The van der Waals surface area contributed by atoms with E-state index in [2.05, 4.69) is 10.3 Å². The molecule has 0 aliphatic carbocycles. The summed E-state index contributed by atoms with van der Waals surface area (Å²) >= 11 is 1.14. The van der Waals surface area contributed by atoms with Gasteiger partial charge in [0, 0.05) is 5.69 Å². The molecule has 7 nitrogen and oxygen atoms in total. The average Bonchev–Trinajstić information content (AvgIpc) is 2.92. The number of para-hydroxylation sites is 1. The van der Waals surface area contributed by atoms with E-state index in [1.807, 2.05) is 24.3 Å². The maximum atomic E-state index is 13.2. The van der Waals surface area contributed by atoms with Crippen LogP contribution in [0.1, 0.15) is 40.2 Å². The number of fused-ring (bicyclic) bond motifs is 2. The van der Waals surface area contributed by atoms with Gasteiger partial charge >= 0.3 is 5.97 Å². The molecular weight excluding hydrogens is 378 g/mol. The van der Waals surface area contributed by atoms with Gasteiger partial charge in [-0.1, -0.05) is 18.2 Å². The van der Waals surface area contributed by atoms with Crippen LogP contribution in [0.25, 0.3) is 10.2 Å². The van der Waals surface area contributed by atoms with Gasteiger partial charge in [-0.05, 0) is 43.9 Å². The molecule has 1 N–H and O–H groups in total. The Bertz CT molecular complexity index is 1150. The monoisotopic (exact) mass is 397 g/mol. The van der Waals surface area contributed by atoms with E-state index in [9.17, 15) is 14.4 Å². The molecule has 1 unspecified atom stereocenters. The first-order chi connectivity index (χ1) is 13.5. The Morgan fingerprint density at radius 3 is 2.93 bits per heavy atom. The van der Waals surface area contributed by atoms with Gasteiger partial charge in [-0.25, -0.2) is 9.78 Å². The third kappa shape index (κ3) is 2.99. The molecule has 1 aliphatic rings. The molecule has 144 valence electrons. The number of ether oxygens (including phenoxy) is 1. The van der Waals surface area contributed by atoms with Gasteiger partial charge in [0.25, 0.3) is 5.56 Å². The van der Waals surface area contributed by atoms with Crippen molar-refractivity contribution in [2.75, 3.05) is 11.9 Å². The lowest BCUT2D eigenvalue weighted by molar-refractivity contribution is -0.119. The van der Waals surface area contributed by atoms with E-state index in [0.29, 0.717) is 33.5 Å². The highest BCUT2D eigenvalue weighted by Gasteiger charge is 2.28. The Hall–Kier alpha value is -3.00. The number of anilines is 1. The number of aromatic nitrogens is 2. The van der Waals surface area contributed by atoms with Crippen LogP contribution in [0.5, 0.6) is 0 Å². The minimum absolute atomic E-state index is 0.244. The third-order valence-corrected chi connectivity index (χ3v) is 6.12. The van der Waals surface area contributed by atoms with Crippen LogP contribution in [0.2, 0.25) is 0 Å². The van der Waals surface area contributed by atoms with Crippen molar-refractivity contribution in [2.24, 2.45) is 0 Å². The number of carbonyl (C=O) groups is 2. The summed E-state index contributed by atoms with van der Waals surface area (Å²) in [6, 6.07) is 6.95. The van der Waals surface area contributed by atoms with E-state index in [4.69, 9.17) is 4.74 Å². The zero-order chi connectivity index (χ0) is 19.8. The highest BCUT2D eigenvalue weighted by molar-refractivity contribution is 7.20. The molecule has 3 heterocycles. The van der Waals surface area contributed by atoms with Crippen molar-refractivity contribution in [3.8, 4) is 0 Å². The Kier molecular flexibility index (Phi) is 4.72. The molecule has 0 saturated carbocycles. The van der Waals surface area contributed by atoms with E-state index in [1.54, 1.807) is 13.8 Å². The lowest BCUT2D eigenvalue weighted by atomic mass is 10.1. The van der Waals surface area contributed by atoms with E-state index in [1.165, 1.54) is 10.9 Å². The number of benzene rings is 1. The highest BCUT2D eigenvalue weighted by atomic mass is 32.1. The first-order valence-corrected chi connectivity index (χ1v) is 9.89. The van der Waals surface area contributed by atoms with Gasteiger partial charge in [0.1, 0.15) is 15.7 Å². The molecule has 3 aromatic rings. The molecule has 0 bridgehead atoms. The summed E-state index contributed by atoms with van der Waals surface area (Å²) in [6.07, 6.45) is 2.56. The maximum absolute atomic E-state index is 13.2. The topological polar surface area (TPSA) is 90.3 Å². The SMILES string of the molecule is CCOC(=O)c1sc2ncn(C3CCc4ccccc4NC3=O)c(=O)c2c1C. The Balaban J connectivity index is 1.77.